The van der Waals surface area contributed by atoms with Gasteiger partial charge in [0.1, 0.15) is 0 Å². The maximum absolute atomic E-state index is 12.1. The summed E-state index contributed by atoms with van der Waals surface area (Å²) in [5.74, 6) is 1.78. The number of non-ortho nitro benzene ring substituents is 1. The molecule has 1 aliphatic heterocycles. The summed E-state index contributed by atoms with van der Waals surface area (Å²) in [5.41, 5.74) is -0.297. The molecule has 26 heavy (non-hydrogen) atoms. The molecule has 1 aliphatic rings. The van der Waals surface area contributed by atoms with Crippen molar-refractivity contribution in [3.8, 4) is 0 Å². The van der Waals surface area contributed by atoms with Gasteiger partial charge in [0.05, 0.1) is 9.82 Å². The molecule has 1 aromatic rings. The highest BCUT2D eigenvalue weighted by atomic mass is 35.5. The van der Waals surface area contributed by atoms with Crippen LogP contribution >= 0.6 is 24.2 Å². The van der Waals surface area contributed by atoms with E-state index in [1.54, 1.807) is 11.8 Å². The number of rotatable bonds is 8. The van der Waals surface area contributed by atoms with E-state index in [0.717, 1.165) is 24.1 Å². The summed E-state index contributed by atoms with van der Waals surface area (Å²) in [6.45, 7) is 1.03. The van der Waals surface area contributed by atoms with Crippen LogP contribution in [-0.4, -0.2) is 56.4 Å². The second-order valence-corrected chi connectivity index (χ2v) is 8.35. The number of nitro benzene ring substituents is 1. The fourth-order valence-corrected chi connectivity index (χ4v) is 4.30. The predicted molar refractivity (Wildman–Crippen MR) is 102 cm³/mol. The van der Waals surface area contributed by atoms with Gasteiger partial charge in [0.25, 0.3) is 5.69 Å². The van der Waals surface area contributed by atoms with Gasteiger partial charge in [-0.15, -0.1) is 12.4 Å². The number of carbonyl (C=O) groups is 1. The predicted octanol–water partition coefficient (Wildman–Crippen LogP) is 0.506. The maximum Gasteiger partial charge on any atom is 0.270 e. The molecular weight excluding hydrogens is 404 g/mol. The number of amides is 1. The summed E-state index contributed by atoms with van der Waals surface area (Å²) in [6, 6.07) is 4.94. The number of halogens is 1. The summed E-state index contributed by atoms with van der Waals surface area (Å²) in [5, 5.41) is 16.6. The van der Waals surface area contributed by atoms with E-state index < -0.39 is 14.9 Å². The SMILES string of the molecule is Cl.O=C(CC1CSCCN1)NCCNS(=O)(=O)c1cccc([N+](=O)[O-])c1. The fraction of sp³-hybridized carbons (Fsp3) is 0.500. The van der Waals surface area contributed by atoms with Crippen molar-refractivity contribution in [2.45, 2.75) is 17.4 Å². The second-order valence-electron chi connectivity index (χ2n) is 5.43. The van der Waals surface area contributed by atoms with E-state index in [4.69, 9.17) is 0 Å². The highest BCUT2D eigenvalue weighted by Gasteiger charge is 2.18. The lowest BCUT2D eigenvalue weighted by Gasteiger charge is -2.22. The minimum Gasteiger partial charge on any atom is -0.355 e. The molecule has 0 aromatic heterocycles. The van der Waals surface area contributed by atoms with Crippen molar-refractivity contribution in [2.24, 2.45) is 0 Å². The third-order valence-corrected chi connectivity index (χ3v) is 6.10. The number of nitrogens with zero attached hydrogens (tertiary/aromatic N) is 1. The maximum atomic E-state index is 12.1. The zero-order valence-electron chi connectivity index (χ0n) is 13.8. The molecule has 1 atom stereocenters. The minimum absolute atomic E-state index is 0. The number of hydrogen-bond donors (Lipinski definition) is 3. The van der Waals surface area contributed by atoms with Crippen molar-refractivity contribution in [3.63, 3.8) is 0 Å². The molecule has 1 aromatic carbocycles. The Kier molecular flexibility index (Phi) is 9.30. The fourth-order valence-electron chi connectivity index (χ4n) is 2.28. The molecule has 146 valence electrons. The highest BCUT2D eigenvalue weighted by molar-refractivity contribution is 7.99. The van der Waals surface area contributed by atoms with Gasteiger partial charge in [-0.05, 0) is 6.07 Å². The van der Waals surface area contributed by atoms with Crippen molar-refractivity contribution < 1.29 is 18.1 Å². The first-order valence-electron chi connectivity index (χ1n) is 7.70. The van der Waals surface area contributed by atoms with Gasteiger partial charge < -0.3 is 10.6 Å². The van der Waals surface area contributed by atoms with Crippen molar-refractivity contribution >= 4 is 45.8 Å². The molecule has 1 amide bonds. The van der Waals surface area contributed by atoms with Crippen molar-refractivity contribution in [1.29, 1.82) is 0 Å². The Balaban J connectivity index is 0.00000338. The quantitative estimate of drug-likeness (QED) is 0.314. The summed E-state index contributed by atoms with van der Waals surface area (Å²) >= 11 is 1.80. The standard InChI is InChI=1S/C14H20N4O5S2.ClH/c19-14(8-11-10-24-7-6-15-11)16-4-5-17-25(22,23)13-3-1-2-12(9-13)18(20)21;/h1-3,9,11,15,17H,4-8,10H2,(H,16,19);1H. The molecule has 9 nitrogen and oxygen atoms in total. The molecule has 12 heteroatoms. The third kappa shape index (κ3) is 7.08. The summed E-state index contributed by atoms with van der Waals surface area (Å²) in [4.78, 5) is 21.7. The number of benzene rings is 1. The van der Waals surface area contributed by atoms with E-state index in [9.17, 15) is 23.3 Å². The zero-order chi connectivity index (χ0) is 18.3. The number of carbonyl (C=O) groups excluding carboxylic acids is 1. The van der Waals surface area contributed by atoms with Crippen molar-refractivity contribution in [3.05, 3.63) is 34.4 Å². The molecule has 1 fully saturated rings. The van der Waals surface area contributed by atoms with Crippen LogP contribution in [0.2, 0.25) is 0 Å². The first-order chi connectivity index (χ1) is 11.9. The second kappa shape index (κ2) is 10.7. The van der Waals surface area contributed by atoms with Crippen LogP contribution in [0.3, 0.4) is 0 Å². The Morgan fingerprint density at radius 3 is 2.81 bits per heavy atom. The van der Waals surface area contributed by atoms with E-state index in [-0.39, 0.29) is 48.0 Å². The highest BCUT2D eigenvalue weighted by Crippen LogP contribution is 2.16. The van der Waals surface area contributed by atoms with Crippen LogP contribution in [0.15, 0.2) is 29.2 Å². The number of hydrogen-bond acceptors (Lipinski definition) is 7. The topological polar surface area (TPSA) is 130 Å². The van der Waals surface area contributed by atoms with E-state index in [2.05, 4.69) is 15.4 Å². The van der Waals surface area contributed by atoms with E-state index in [1.807, 2.05) is 0 Å². The first-order valence-corrected chi connectivity index (χ1v) is 10.3. The molecule has 0 bridgehead atoms. The average molecular weight is 425 g/mol. The molecule has 0 aliphatic carbocycles. The summed E-state index contributed by atoms with van der Waals surface area (Å²) in [6.07, 6.45) is 0.352. The Bertz CT molecular complexity index is 726. The van der Waals surface area contributed by atoms with Gasteiger partial charge in [-0.3, -0.25) is 14.9 Å². The average Bonchev–Trinajstić information content (AvgIpc) is 2.60. The van der Waals surface area contributed by atoms with E-state index in [0.29, 0.717) is 6.42 Å². The monoisotopic (exact) mass is 424 g/mol. The number of sulfonamides is 1. The van der Waals surface area contributed by atoms with Crippen molar-refractivity contribution in [2.75, 3.05) is 31.1 Å². The van der Waals surface area contributed by atoms with Crippen LogP contribution in [0.4, 0.5) is 5.69 Å². The van der Waals surface area contributed by atoms with Crippen LogP contribution in [-0.2, 0) is 14.8 Å². The Morgan fingerprint density at radius 2 is 2.15 bits per heavy atom. The van der Waals surface area contributed by atoms with Crippen LogP contribution < -0.4 is 15.4 Å². The number of nitro groups is 1. The van der Waals surface area contributed by atoms with E-state index in [1.165, 1.54) is 18.2 Å². The van der Waals surface area contributed by atoms with Gasteiger partial charge >= 0.3 is 0 Å². The molecule has 1 unspecified atom stereocenters. The van der Waals surface area contributed by atoms with Crippen LogP contribution in [0.25, 0.3) is 0 Å². The first kappa shape index (κ1) is 22.6. The molecule has 3 N–H and O–H groups in total. The molecule has 0 radical (unpaired) electrons. The van der Waals surface area contributed by atoms with Crippen LogP contribution in [0.5, 0.6) is 0 Å². The van der Waals surface area contributed by atoms with E-state index >= 15 is 0 Å². The zero-order valence-corrected chi connectivity index (χ0v) is 16.3. The van der Waals surface area contributed by atoms with Crippen LogP contribution in [0, 0.1) is 10.1 Å². The molecular formula is C14H21ClN4O5S2. The lowest BCUT2D eigenvalue weighted by atomic mass is 10.2. The van der Waals surface area contributed by atoms with Gasteiger partial charge in [-0.1, -0.05) is 6.07 Å². The minimum atomic E-state index is -3.86. The van der Waals surface area contributed by atoms with Gasteiger partial charge in [-0.2, -0.15) is 11.8 Å². The molecule has 1 heterocycles. The smallest absolute Gasteiger partial charge is 0.270 e. The van der Waals surface area contributed by atoms with Gasteiger partial charge in [-0.25, -0.2) is 13.1 Å². The summed E-state index contributed by atoms with van der Waals surface area (Å²) < 4.78 is 26.5. The van der Waals surface area contributed by atoms with Gasteiger partial charge in [0.2, 0.25) is 15.9 Å². The van der Waals surface area contributed by atoms with Gasteiger partial charge in [0.15, 0.2) is 0 Å². The molecule has 0 saturated carbocycles. The Labute approximate surface area is 162 Å². The lowest BCUT2D eigenvalue weighted by Crippen LogP contribution is -2.42. The third-order valence-electron chi connectivity index (χ3n) is 3.51. The Hall–Kier alpha value is -1.40. The van der Waals surface area contributed by atoms with Crippen LogP contribution in [0.1, 0.15) is 6.42 Å². The molecule has 1 saturated heterocycles. The van der Waals surface area contributed by atoms with Gasteiger partial charge in [0, 0.05) is 55.7 Å². The lowest BCUT2D eigenvalue weighted by molar-refractivity contribution is -0.385. The summed E-state index contributed by atoms with van der Waals surface area (Å²) in [7, 11) is -3.86. The molecule has 0 spiro atoms. The largest absolute Gasteiger partial charge is 0.355 e. The number of nitrogens with one attached hydrogen (secondary N) is 3. The normalized spacial score (nSPS) is 17.2. The number of thioether (sulfide) groups is 1. The van der Waals surface area contributed by atoms with Crippen molar-refractivity contribution in [1.82, 2.24) is 15.4 Å². The molecule has 2 rings (SSSR count). The Morgan fingerprint density at radius 1 is 1.38 bits per heavy atom.